The average molecular weight is 193 g/mol. The summed E-state index contributed by atoms with van der Waals surface area (Å²) in [7, 11) is 0. The van der Waals surface area contributed by atoms with Crippen molar-refractivity contribution in [2.24, 2.45) is 5.16 Å². The van der Waals surface area contributed by atoms with Crippen LogP contribution in [-0.4, -0.2) is 16.7 Å². The number of ether oxygens (including phenoxy) is 1. The maximum Gasteiger partial charge on any atom is 0.257 e. The Morgan fingerprint density at radius 3 is 2.21 bits per heavy atom. The summed E-state index contributed by atoms with van der Waals surface area (Å²) in [5.74, 6) is 0.248. The van der Waals surface area contributed by atoms with Crippen molar-refractivity contribution in [2.45, 2.75) is 26.4 Å². The lowest BCUT2D eigenvalue weighted by Gasteiger charge is -2.21. The predicted octanol–water partition coefficient (Wildman–Crippen LogP) is 2.64. The molecule has 3 heteroatoms. The number of oxime groups is 1. The quantitative estimate of drug-likeness (QED) is 0.322. The molecule has 0 aliphatic rings. The highest BCUT2D eigenvalue weighted by Gasteiger charge is 2.16. The number of rotatable bonds is 1. The third-order valence-corrected chi connectivity index (χ3v) is 1.51. The molecule has 0 aromatic heterocycles. The molecule has 0 saturated heterocycles. The van der Waals surface area contributed by atoms with E-state index in [2.05, 4.69) is 5.16 Å². The van der Waals surface area contributed by atoms with E-state index in [0.29, 0.717) is 0 Å². The lowest BCUT2D eigenvalue weighted by atomic mass is 10.1. The number of hydrogen-bond acceptors (Lipinski definition) is 3. The van der Waals surface area contributed by atoms with Crippen LogP contribution >= 0.6 is 0 Å². The maximum absolute atomic E-state index is 8.81. The molecule has 0 heterocycles. The molecule has 0 atom stereocenters. The molecular weight excluding hydrogens is 178 g/mol. The Morgan fingerprint density at radius 2 is 1.79 bits per heavy atom. The van der Waals surface area contributed by atoms with E-state index in [4.69, 9.17) is 9.94 Å². The fourth-order valence-electron chi connectivity index (χ4n) is 1.01. The Morgan fingerprint density at radius 1 is 1.21 bits per heavy atom. The van der Waals surface area contributed by atoms with Crippen molar-refractivity contribution < 1.29 is 9.94 Å². The van der Waals surface area contributed by atoms with Crippen LogP contribution in [0, 0.1) is 0 Å². The largest absolute Gasteiger partial charge is 0.469 e. The van der Waals surface area contributed by atoms with Gasteiger partial charge in [0.1, 0.15) is 5.60 Å². The van der Waals surface area contributed by atoms with Crippen molar-refractivity contribution in [2.75, 3.05) is 0 Å². The second-order valence-corrected chi connectivity index (χ2v) is 3.99. The highest BCUT2D eigenvalue weighted by atomic mass is 16.5. The van der Waals surface area contributed by atoms with Crippen molar-refractivity contribution in [3.8, 4) is 0 Å². The molecule has 0 aliphatic carbocycles. The lowest BCUT2D eigenvalue weighted by molar-refractivity contribution is 0.108. The second-order valence-electron chi connectivity index (χ2n) is 3.99. The van der Waals surface area contributed by atoms with Crippen LogP contribution in [0.25, 0.3) is 0 Å². The Balaban J connectivity index is 2.85. The summed E-state index contributed by atoms with van der Waals surface area (Å²) in [4.78, 5) is 0. The fraction of sp³-hybridized carbons (Fsp3) is 0.364. The van der Waals surface area contributed by atoms with Crippen LogP contribution in [0.4, 0.5) is 0 Å². The number of nitrogens with zero attached hydrogens (tertiary/aromatic N) is 1. The van der Waals surface area contributed by atoms with Crippen molar-refractivity contribution in [1.29, 1.82) is 0 Å². The minimum Gasteiger partial charge on any atom is -0.469 e. The van der Waals surface area contributed by atoms with Gasteiger partial charge in [-0.05, 0) is 38.1 Å². The van der Waals surface area contributed by atoms with E-state index in [1.165, 1.54) is 0 Å². The van der Waals surface area contributed by atoms with E-state index >= 15 is 0 Å². The normalized spacial score (nSPS) is 12.6. The van der Waals surface area contributed by atoms with Crippen LogP contribution in [0.15, 0.2) is 35.5 Å². The van der Waals surface area contributed by atoms with E-state index < -0.39 is 0 Å². The lowest BCUT2D eigenvalue weighted by Crippen LogP contribution is -2.24. The van der Waals surface area contributed by atoms with E-state index in [-0.39, 0.29) is 11.5 Å². The van der Waals surface area contributed by atoms with Gasteiger partial charge in [0.2, 0.25) is 0 Å². The monoisotopic (exact) mass is 193 g/mol. The zero-order chi connectivity index (χ0) is 10.6. The molecule has 0 unspecified atom stereocenters. The van der Waals surface area contributed by atoms with Crippen LogP contribution < -0.4 is 0 Å². The van der Waals surface area contributed by atoms with Gasteiger partial charge in [0.05, 0.1) is 0 Å². The van der Waals surface area contributed by atoms with Gasteiger partial charge in [-0.1, -0.05) is 18.2 Å². The summed E-state index contributed by atoms with van der Waals surface area (Å²) >= 11 is 0. The van der Waals surface area contributed by atoms with E-state index in [0.717, 1.165) is 5.56 Å². The average Bonchev–Trinajstić information content (AvgIpc) is 2.14. The molecule has 0 bridgehead atoms. The van der Waals surface area contributed by atoms with E-state index in [1.54, 1.807) is 0 Å². The molecule has 1 aromatic rings. The van der Waals surface area contributed by atoms with Gasteiger partial charge in [-0.3, -0.25) is 0 Å². The van der Waals surface area contributed by atoms with Gasteiger partial charge in [-0.15, -0.1) is 0 Å². The molecule has 0 fully saturated rings. The summed E-state index contributed by atoms with van der Waals surface area (Å²) in [6.45, 7) is 5.71. The summed E-state index contributed by atoms with van der Waals surface area (Å²) in [5, 5.41) is 11.9. The third kappa shape index (κ3) is 3.09. The molecule has 1 aromatic carbocycles. The van der Waals surface area contributed by atoms with Crippen molar-refractivity contribution >= 4 is 5.90 Å². The Kier molecular flexibility index (Phi) is 3.12. The zero-order valence-corrected chi connectivity index (χ0v) is 8.69. The summed E-state index contributed by atoms with van der Waals surface area (Å²) in [5.41, 5.74) is 0.405. The smallest absolute Gasteiger partial charge is 0.257 e. The molecule has 14 heavy (non-hydrogen) atoms. The Labute approximate surface area is 84.0 Å². The van der Waals surface area contributed by atoms with Gasteiger partial charge in [-0.2, -0.15) is 0 Å². The first-order valence-corrected chi connectivity index (χ1v) is 4.49. The Bertz CT molecular complexity index is 312. The fourth-order valence-corrected chi connectivity index (χ4v) is 1.01. The van der Waals surface area contributed by atoms with Gasteiger partial charge >= 0.3 is 0 Å². The zero-order valence-electron chi connectivity index (χ0n) is 8.69. The van der Waals surface area contributed by atoms with Gasteiger partial charge in [0, 0.05) is 5.56 Å². The first kappa shape index (κ1) is 10.6. The van der Waals surface area contributed by atoms with Crippen LogP contribution in [0.1, 0.15) is 26.3 Å². The molecule has 0 amide bonds. The third-order valence-electron chi connectivity index (χ3n) is 1.51. The van der Waals surface area contributed by atoms with E-state index in [9.17, 15) is 0 Å². The molecule has 0 spiro atoms. The van der Waals surface area contributed by atoms with Gasteiger partial charge < -0.3 is 9.94 Å². The second kappa shape index (κ2) is 4.13. The number of benzene rings is 1. The topological polar surface area (TPSA) is 41.8 Å². The van der Waals surface area contributed by atoms with Gasteiger partial charge in [0.15, 0.2) is 0 Å². The SMILES string of the molecule is CC(C)(C)OC(=NO)c1ccccc1. The molecule has 1 N–H and O–H groups in total. The van der Waals surface area contributed by atoms with Gasteiger partial charge in [0.25, 0.3) is 5.90 Å². The minimum absolute atomic E-state index is 0.248. The summed E-state index contributed by atoms with van der Waals surface area (Å²) in [6.07, 6.45) is 0. The standard InChI is InChI=1S/C11H15NO2/c1-11(2,3)14-10(12-13)9-7-5-4-6-8-9/h4-8,13H,1-3H3. The maximum atomic E-state index is 8.81. The first-order chi connectivity index (χ1) is 6.53. The molecule has 0 aliphatic heterocycles. The van der Waals surface area contributed by atoms with Crippen molar-refractivity contribution in [1.82, 2.24) is 0 Å². The van der Waals surface area contributed by atoms with Crippen LogP contribution in [0.2, 0.25) is 0 Å². The molecule has 0 saturated carbocycles. The first-order valence-electron chi connectivity index (χ1n) is 4.49. The highest BCUT2D eigenvalue weighted by Crippen LogP contribution is 2.12. The molecule has 3 nitrogen and oxygen atoms in total. The van der Waals surface area contributed by atoms with Gasteiger partial charge in [-0.25, -0.2) is 0 Å². The van der Waals surface area contributed by atoms with E-state index in [1.807, 2.05) is 51.1 Å². The van der Waals surface area contributed by atoms with Crippen molar-refractivity contribution in [3.63, 3.8) is 0 Å². The van der Waals surface area contributed by atoms with Crippen LogP contribution in [-0.2, 0) is 4.74 Å². The Hall–Kier alpha value is -1.51. The molecular formula is C11H15NO2. The highest BCUT2D eigenvalue weighted by molar-refractivity contribution is 5.93. The summed E-state index contributed by atoms with van der Waals surface area (Å²) in [6, 6.07) is 9.30. The summed E-state index contributed by atoms with van der Waals surface area (Å²) < 4.78 is 5.47. The molecule has 1 rings (SSSR count). The van der Waals surface area contributed by atoms with Crippen LogP contribution in [0.3, 0.4) is 0 Å². The molecule has 0 radical (unpaired) electrons. The van der Waals surface area contributed by atoms with Crippen molar-refractivity contribution in [3.05, 3.63) is 35.9 Å². The van der Waals surface area contributed by atoms with Crippen LogP contribution in [0.5, 0.6) is 0 Å². The predicted molar refractivity (Wildman–Crippen MR) is 55.6 cm³/mol. The number of hydrogen-bond donors (Lipinski definition) is 1. The molecule has 76 valence electrons. The minimum atomic E-state index is -0.364.